The molecule has 138 valence electrons. The summed E-state index contributed by atoms with van der Waals surface area (Å²) in [5, 5.41) is 11.5. The van der Waals surface area contributed by atoms with Gasteiger partial charge in [-0.1, -0.05) is 36.4 Å². The zero-order valence-electron chi connectivity index (χ0n) is 15.4. The first kappa shape index (κ1) is 17.7. The Balaban J connectivity index is 1.93. The van der Waals surface area contributed by atoms with Crippen molar-refractivity contribution in [1.82, 2.24) is 9.55 Å². The number of benzene rings is 2. The van der Waals surface area contributed by atoms with Crippen LogP contribution >= 0.6 is 0 Å². The van der Waals surface area contributed by atoms with E-state index in [0.717, 1.165) is 11.3 Å². The zero-order valence-corrected chi connectivity index (χ0v) is 15.4. The van der Waals surface area contributed by atoms with E-state index >= 15 is 0 Å². The molecule has 0 saturated heterocycles. The maximum Gasteiger partial charge on any atom is 0.268 e. The summed E-state index contributed by atoms with van der Waals surface area (Å²) in [6.07, 6.45) is 3.44. The third-order valence-electron chi connectivity index (χ3n) is 4.65. The van der Waals surface area contributed by atoms with Crippen LogP contribution in [0.15, 0.2) is 88.9 Å². The summed E-state index contributed by atoms with van der Waals surface area (Å²) in [5.74, 6) is -0.0415. The Kier molecular flexibility index (Phi) is 4.72. The molecular formula is C23H19N3O2. The van der Waals surface area contributed by atoms with E-state index in [1.807, 2.05) is 60.7 Å². The Morgan fingerprint density at radius 3 is 2.54 bits per heavy atom. The molecule has 2 heterocycles. The van der Waals surface area contributed by atoms with Gasteiger partial charge in [0.25, 0.3) is 5.56 Å². The fourth-order valence-electron chi connectivity index (χ4n) is 3.27. The smallest absolute Gasteiger partial charge is 0.268 e. The van der Waals surface area contributed by atoms with Crippen molar-refractivity contribution in [2.24, 2.45) is 4.99 Å². The van der Waals surface area contributed by atoms with E-state index < -0.39 is 0 Å². The van der Waals surface area contributed by atoms with Gasteiger partial charge in [0, 0.05) is 29.2 Å². The predicted molar refractivity (Wildman–Crippen MR) is 111 cm³/mol. The van der Waals surface area contributed by atoms with Crippen LogP contribution < -0.4 is 5.56 Å². The number of fused-ring (bicyclic) bond motifs is 1. The molecule has 0 amide bonds. The Hall–Kier alpha value is -3.73. The highest BCUT2D eigenvalue weighted by molar-refractivity contribution is 6.05. The van der Waals surface area contributed by atoms with Crippen LogP contribution in [-0.4, -0.2) is 20.4 Å². The van der Waals surface area contributed by atoms with Crippen molar-refractivity contribution in [3.63, 3.8) is 0 Å². The van der Waals surface area contributed by atoms with Crippen molar-refractivity contribution in [3.8, 4) is 11.4 Å². The number of para-hydroxylation sites is 2. The summed E-state index contributed by atoms with van der Waals surface area (Å²) in [4.78, 5) is 22.0. The van der Waals surface area contributed by atoms with Crippen LogP contribution in [0.1, 0.15) is 18.1 Å². The summed E-state index contributed by atoms with van der Waals surface area (Å²) >= 11 is 0. The number of aromatic nitrogens is 2. The molecule has 0 aliphatic carbocycles. The molecule has 0 spiro atoms. The second-order valence-electron chi connectivity index (χ2n) is 6.48. The molecule has 28 heavy (non-hydrogen) atoms. The second-order valence-corrected chi connectivity index (χ2v) is 6.48. The van der Waals surface area contributed by atoms with Gasteiger partial charge in [-0.15, -0.1) is 0 Å². The second kappa shape index (κ2) is 7.48. The number of aliphatic imine (C=N–C) groups is 1. The van der Waals surface area contributed by atoms with Crippen molar-refractivity contribution in [2.75, 3.05) is 0 Å². The number of pyridine rings is 2. The molecule has 0 radical (unpaired) electrons. The van der Waals surface area contributed by atoms with Crippen LogP contribution in [0.4, 0.5) is 0 Å². The van der Waals surface area contributed by atoms with Gasteiger partial charge in [-0.05, 0) is 42.8 Å². The minimum atomic E-state index is -0.296. The predicted octanol–water partition coefficient (Wildman–Crippen LogP) is 4.10. The normalized spacial score (nSPS) is 11.7. The molecule has 4 aromatic rings. The summed E-state index contributed by atoms with van der Waals surface area (Å²) in [7, 11) is 0. The van der Waals surface area contributed by atoms with Crippen LogP contribution in [0.5, 0.6) is 5.75 Å². The van der Waals surface area contributed by atoms with Crippen molar-refractivity contribution < 1.29 is 5.11 Å². The van der Waals surface area contributed by atoms with Crippen molar-refractivity contribution in [1.29, 1.82) is 0 Å². The molecule has 0 saturated carbocycles. The first-order chi connectivity index (χ1) is 13.7. The Morgan fingerprint density at radius 2 is 1.79 bits per heavy atom. The molecule has 0 fully saturated rings. The van der Waals surface area contributed by atoms with E-state index in [2.05, 4.69) is 9.98 Å². The molecule has 0 aliphatic heterocycles. The lowest BCUT2D eigenvalue weighted by Crippen LogP contribution is -2.25. The van der Waals surface area contributed by atoms with E-state index in [9.17, 15) is 9.90 Å². The molecular weight excluding hydrogens is 350 g/mol. The molecule has 2 aromatic carbocycles. The minimum absolute atomic E-state index is 0.0415. The van der Waals surface area contributed by atoms with Gasteiger partial charge in [0.2, 0.25) is 0 Å². The monoisotopic (exact) mass is 369 g/mol. The van der Waals surface area contributed by atoms with Gasteiger partial charge >= 0.3 is 0 Å². The molecule has 2 aromatic heterocycles. The van der Waals surface area contributed by atoms with Gasteiger partial charge in [0.05, 0.1) is 12.1 Å². The lowest BCUT2D eigenvalue weighted by Gasteiger charge is -2.15. The average Bonchev–Trinajstić information content (AvgIpc) is 2.74. The fraction of sp³-hybridized carbons (Fsp3) is 0.0870. The minimum Gasteiger partial charge on any atom is -0.506 e. The standard InChI is InChI=1S/C23H19N3O2/c1-16(25-15-17-8-7-13-24-14-17)21-22(27)19-11-5-6-12-20(19)26(23(21)28)18-9-3-2-4-10-18/h2-14,27H,15H2,1H3. The summed E-state index contributed by atoms with van der Waals surface area (Å²) in [6, 6.07) is 20.5. The zero-order chi connectivity index (χ0) is 19.5. The highest BCUT2D eigenvalue weighted by atomic mass is 16.3. The number of rotatable bonds is 4. The van der Waals surface area contributed by atoms with Crippen LogP contribution in [0, 0.1) is 0 Å². The maximum absolute atomic E-state index is 13.4. The van der Waals surface area contributed by atoms with E-state index in [-0.39, 0.29) is 16.9 Å². The Bertz CT molecular complexity index is 1210. The van der Waals surface area contributed by atoms with E-state index in [0.29, 0.717) is 23.2 Å². The van der Waals surface area contributed by atoms with Gasteiger partial charge in [-0.2, -0.15) is 0 Å². The van der Waals surface area contributed by atoms with Gasteiger partial charge in [-0.3, -0.25) is 19.3 Å². The largest absolute Gasteiger partial charge is 0.506 e. The van der Waals surface area contributed by atoms with Crippen LogP contribution in [0.3, 0.4) is 0 Å². The van der Waals surface area contributed by atoms with Gasteiger partial charge in [0.15, 0.2) is 0 Å². The summed E-state index contributed by atoms with van der Waals surface area (Å²) in [5.41, 5.74) is 2.73. The number of hydrogen-bond donors (Lipinski definition) is 1. The van der Waals surface area contributed by atoms with Crippen LogP contribution in [0.2, 0.25) is 0 Å². The van der Waals surface area contributed by atoms with E-state index in [1.54, 1.807) is 30.0 Å². The van der Waals surface area contributed by atoms with Gasteiger partial charge in [-0.25, -0.2) is 0 Å². The Morgan fingerprint density at radius 1 is 1.04 bits per heavy atom. The van der Waals surface area contributed by atoms with E-state index in [4.69, 9.17) is 0 Å². The number of aromatic hydroxyl groups is 1. The first-order valence-electron chi connectivity index (χ1n) is 8.99. The fourth-order valence-corrected chi connectivity index (χ4v) is 3.27. The maximum atomic E-state index is 13.4. The Labute approximate surface area is 162 Å². The van der Waals surface area contributed by atoms with Crippen LogP contribution in [-0.2, 0) is 6.54 Å². The number of nitrogens with zero attached hydrogens (tertiary/aromatic N) is 3. The van der Waals surface area contributed by atoms with E-state index in [1.165, 1.54) is 0 Å². The SMILES string of the molecule is CC(=NCc1cccnc1)c1c(O)c2ccccc2n(-c2ccccc2)c1=O. The van der Waals surface area contributed by atoms with Gasteiger partial charge in [0.1, 0.15) is 11.3 Å². The highest BCUT2D eigenvalue weighted by Gasteiger charge is 2.19. The molecule has 5 nitrogen and oxygen atoms in total. The number of hydrogen-bond acceptors (Lipinski definition) is 4. The topological polar surface area (TPSA) is 67.5 Å². The molecule has 1 N–H and O–H groups in total. The van der Waals surface area contributed by atoms with Gasteiger partial charge < -0.3 is 5.11 Å². The molecule has 0 aliphatic rings. The lowest BCUT2D eigenvalue weighted by molar-refractivity contribution is 0.478. The summed E-state index contributed by atoms with van der Waals surface area (Å²) < 4.78 is 1.62. The molecule has 5 heteroatoms. The molecule has 4 rings (SSSR count). The molecule has 0 atom stereocenters. The van der Waals surface area contributed by atoms with Crippen LogP contribution in [0.25, 0.3) is 16.6 Å². The van der Waals surface area contributed by atoms with Crippen molar-refractivity contribution >= 4 is 16.6 Å². The average molecular weight is 369 g/mol. The highest BCUT2D eigenvalue weighted by Crippen LogP contribution is 2.28. The first-order valence-corrected chi connectivity index (χ1v) is 8.99. The lowest BCUT2D eigenvalue weighted by atomic mass is 10.1. The quantitative estimate of drug-likeness (QED) is 0.551. The van der Waals surface area contributed by atoms with Crippen molar-refractivity contribution in [3.05, 3.63) is 101 Å². The summed E-state index contributed by atoms with van der Waals surface area (Å²) in [6.45, 7) is 2.13. The molecule has 0 unspecified atom stereocenters. The molecule has 0 bridgehead atoms. The third-order valence-corrected chi connectivity index (χ3v) is 4.65. The third kappa shape index (κ3) is 3.18. The van der Waals surface area contributed by atoms with Crippen molar-refractivity contribution in [2.45, 2.75) is 13.5 Å².